The van der Waals surface area contributed by atoms with Gasteiger partial charge in [-0.2, -0.15) is 8.78 Å². The van der Waals surface area contributed by atoms with E-state index in [-0.39, 0.29) is 11.8 Å². The topological polar surface area (TPSA) is 45.8 Å². The van der Waals surface area contributed by atoms with E-state index in [9.17, 15) is 8.78 Å². The molecule has 5 nitrogen and oxygen atoms in total. The van der Waals surface area contributed by atoms with Gasteiger partial charge in [0.05, 0.1) is 19.3 Å². The highest BCUT2D eigenvalue weighted by Crippen LogP contribution is 2.19. The van der Waals surface area contributed by atoms with Crippen molar-refractivity contribution in [3.8, 4) is 5.75 Å². The van der Waals surface area contributed by atoms with E-state index in [1.807, 2.05) is 0 Å². The van der Waals surface area contributed by atoms with E-state index in [1.54, 1.807) is 12.1 Å². The van der Waals surface area contributed by atoms with Crippen molar-refractivity contribution in [2.45, 2.75) is 19.6 Å². The van der Waals surface area contributed by atoms with Crippen molar-refractivity contribution in [2.24, 2.45) is 0 Å². The van der Waals surface area contributed by atoms with Crippen LogP contribution < -0.4 is 15.4 Å². The lowest BCUT2D eigenvalue weighted by molar-refractivity contribution is -0.0498. The molecule has 0 aliphatic carbocycles. The normalized spacial score (nSPS) is 15.7. The molecule has 2 aromatic rings. The molecule has 1 atom stereocenters. The Bertz CT molecular complexity index is 782. The summed E-state index contributed by atoms with van der Waals surface area (Å²) >= 11 is 5.49. The number of nitrogens with one attached hydrogen (secondary N) is 2. The number of aryl methyl sites for hydroxylation is 1. The number of thiocarbonyl (C=S) groups is 1. The Morgan fingerprint density at radius 2 is 1.76 bits per heavy atom. The number of hydrogen-bond donors (Lipinski definition) is 2. The van der Waals surface area contributed by atoms with Crippen molar-refractivity contribution in [3.05, 3.63) is 59.7 Å². The van der Waals surface area contributed by atoms with Gasteiger partial charge in [-0.05, 0) is 49.0 Å². The zero-order valence-corrected chi connectivity index (χ0v) is 17.1. The van der Waals surface area contributed by atoms with E-state index in [1.165, 1.54) is 17.7 Å². The standard InChI is InChI=1S/C21H25F2N3O2S/c1-15-2-4-16(5-3-15)19(14-26-10-12-27-13-11-26)25-21(29)24-17-6-8-18(9-7-17)28-20(22)23/h2-9,19-20H,10-14H2,1H3,(H2,24,25,29)/t19-/m1/s1. The van der Waals surface area contributed by atoms with Crippen LogP contribution in [0.5, 0.6) is 5.75 Å². The smallest absolute Gasteiger partial charge is 0.387 e. The Kier molecular flexibility index (Phi) is 7.74. The molecule has 0 saturated carbocycles. The first kappa shape index (κ1) is 21.4. The van der Waals surface area contributed by atoms with Crippen LogP contribution >= 0.6 is 12.2 Å². The number of anilines is 1. The lowest BCUT2D eigenvalue weighted by Gasteiger charge is -2.31. The van der Waals surface area contributed by atoms with Crippen LogP contribution in [0.4, 0.5) is 14.5 Å². The van der Waals surface area contributed by atoms with Gasteiger partial charge in [0.15, 0.2) is 5.11 Å². The summed E-state index contributed by atoms with van der Waals surface area (Å²) in [6.07, 6.45) is 0. The van der Waals surface area contributed by atoms with E-state index >= 15 is 0 Å². The molecule has 1 heterocycles. The summed E-state index contributed by atoms with van der Waals surface area (Å²) in [6, 6.07) is 14.6. The third-order valence-corrected chi connectivity index (χ3v) is 4.89. The van der Waals surface area contributed by atoms with Gasteiger partial charge in [-0.3, -0.25) is 4.90 Å². The highest BCUT2D eigenvalue weighted by molar-refractivity contribution is 7.80. The van der Waals surface area contributed by atoms with Gasteiger partial charge >= 0.3 is 6.61 Å². The Balaban J connectivity index is 1.64. The minimum atomic E-state index is -2.84. The second-order valence-corrected chi connectivity index (χ2v) is 7.29. The molecule has 3 rings (SSSR count). The predicted octanol–water partition coefficient (Wildman–Crippen LogP) is 3.96. The number of morpholine rings is 1. The van der Waals surface area contributed by atoms with Crippen LogP contribution in [-0.2, 0) is 4.74 Å². The van der Waals surface area contributed by atoms with Gasteiger partial charge in [-0.1, -0.05) is 29.8 Å². The van der Waals surface area contributed by atoms with E-state index in [0.29, 0.717) is 10.8 Å². The van der Waals surface area contributed by atoms with Gasteiger partial charge in [0.25, 0.3) is 0 Å². The van der Waals surface area contributed by atoms with Crippen LogP contribution in [0.2, 0.25) is 0 Å². The van der Waals surface area contributed by atoms with Crippen LogP contribution in [0.3, 0.4) is 0 Å². The van der Waals surface area contributed by atoms with Crippen LogP contribution in [-0.4, -0.2) is 49.5 Å². The number of nitrogens with zero attached hydrogens (tertiary/aromatic N) is 1. The zero-order valence-electron chi connectivity index (χ0n) is 16.2. The number of halogens is 2. The number of hydrogen-bond acceptors (Lipinski definition) is 4. The van der Waals surface area contributed by atoms with E-state index in [4.69, 9.17) is 17.0 Å². The van der Waals surface area contributed by atoms with Crippen molar-refractivity contribution in [3.63, 3.8) is 0 Å². The summed E-state index contributed by atoms with van der Waals surface area (Å²) < 4.78 is 34.4. The SMILES string of the molecule is Cc1ccc([C@@H](CN2CCOCC2)NC(=S)Nc2ccc(OC(F)F)cc2)cc1. The van der Waals surface area contributed by atoms with Crippen molar-refractivity contribution in [1.82, 2.24) is 10.2 Å². The number of rotatable bonds is 7. The average Bonchev–Trinajstić information content (AvgIpc) is 2.70. The minimum Gasteiger partial charge on any atom is -0.435 e. The van der Waals surface area contributed by atoms with Crippen LogP contribution in [0.1, 0.15) is 17.2 Å². The molecule has 29 heavy (non-hydrogen) atoms. The lowest BCUT2D eigenvalue weighted by atomic mass is 10.0. The highest BCUT2D eigenvalue weighted by Gasteiger charge is 2.19. The van der Waals surface area contributed by atoms with Crippen molar-refractivity contribution in [1.29, 1.82) is 0 Å². The molecule has 2 N–H and O–H groups in total. The fourth-order valence-electron chi connectivity index (χ4n) is 3.12. The zero-order chi connectivity index (χ0) is 20.6. The molecular weight excluding hydrogens is 396 g/mol. The van der Waals surface area contributed by atoms with Gasteiger partial charge in [0.2, 0.25) is 0 Å². The van der Waals surface area contributed by atoms with Gasteiger partial charge in [0, 0.05) is 25.3 Å². The van der Waals surface area contributed by atoms with E-state index in [2.05, 4.69) is 51.5 Å². The maximum absolute atomic E-state index is 12.3. The van der Waals surface area contributed by atoms with Crippen molar-refractivity contribution in [2.75, 3.05) is 38.2 Å². The third-order valence-electron chi connectivity index (χ3n) is 4.67. The van der Waals surface area contributed by atoms with Gasteiger partial charge < -0.3 is 20.1 Å². The summed E-state index contributed by atoms with van der Waals surface area (Å²) in [5, 5.41) is 6.95. The molecular formula is C21H25F2N3O2S. The Morgan fingerprint density at radius 3 is 2.38 bits per heavy atom. The summed E-state index contributed by atoms with van der Waals surface area (Å²) in [7, 11) is 0. The minimum absolute atomic E-state index is 0.00939. The summed E-state index contributed by atoms with van der Waals surface area (Å²) in [5.74, 6) is 0.106. The fraction of sp³-hybridized carbons (Fsp3) is 0.381. The Labute approximate surface area is 175 Å². The highest BCUT2D eigenvalue weighted by atomic mass is 32.1. The Hall–Kier alpha value is -2.29. The molecule has 0 bridgehead atoms. The average molecular weight is 422 g/mol. The molecule has 156 valence electrons. The molecule has 1 aliphatic rings. The molecule has 1 fully saturated rings. The quantitative estimate of drug-likeness (QED) is 0.660. The van der Waals surface area contributed by atoms with Crippen LogP contribution in [0.25, 0.3) is 0 Å². The molecule has 0 radical (unpaired) electrons. The van der Waals surface area contributed by atoms with Crippen molar-refractivity contribution >= 4 is 23.0 Å². The summed E-state index contributed by atoms with van der Waals surface area (Å²) in [6.45, 7) is 3.25. The molecule has 1 aliphatic heterocycles. The largest absolute Gasteiger partial charge is 0.435 e. The first-order chi connectivity index (χ1) is 14.0. The third kappa shape index (κ3) is 6.92. The summed E-state index contributed by atoms with van der Waals surface area (Å²) in [4.78, 5) is 2.35. The number of ether oxygens (including phenoxy) is 2. The van der Waals surface area contributed by atoms with E-state index < -0.39 is 6.61 Å². The van der Waals surface area contributed by atoms with Gasteiger partial charge in [-0.15, -0.1) is 0 Å². The van der Waals surface area contributed by atoms with Crippen LogP contribution in [0, 0.1) is 6.92 Å². The van der Waals surface area contributed by atoms with Gasteiger partial charge in [-0.25, -0.2) is 0 Å². The molecule has 0 unspecified atom stereocenters. The number of benzene rings is 2. The molecule has 0 amide bonds. The predicted molar refractivity (Wildman–Crippen MR) is 114 cm³/mol. The first-order valence-corrected chi connectivity index (χ1v) is 9.89. The molecule has 1 saturated heterocycles. The molecule has 0 aromatic heterocycles. The summed E-state index contributed by atoms with van der Waals surface area (Å²) in [5.41, 5.74) is 3.04. The fourth-order valence-corrected chi connectivity index (χ4v) is 3.38. The maximum atomic E-state index is 12.3. The monoisotopic (exact) mass is 421 g/mol. The molecule has 8 heteroatoms. The van der Waals surface area contributed by atoms with Gasteiger partial charge in [0.1, 0.15) is 5.75 Å². The molecule has 2 aromatic carbocycles. The maximum Gasteiger partial charge on any atom is 0.387 e. The lowest BCUT2D eigenvalue weighted by Crippen LogP contribution is -2.44. The number of alkyl halides is 2. The second-order valence-electron chi connectivity index (χ2n) is 6.88. The first-order valence-electron chi connectivity index (χ1n) is 9.48. The van der Waals surface area contributed by atoms with Crippen LogP contribution in [0.15, 0.2) is 48.5 Å². The Morgan fingerprint density at radius 1 is 1.10 bits per heavy atom. The second kappa shape index (κ2) is 10.5. The van der Waals surface area contributed by atoms with E-state index in [0.717, 1.165) is 38.4 Å². The molecule has 0 spiro atoms. The van der Waals surface area contributed by atoms with Crippen molar-refractivity contribution < 1.29 is 18.3 Å².